The second-order valence-corrected chi connectivity index (χ2v) is 9.54. The number of fused-ring (bicyclic) bond motifs is 3. The van der Waals surface area contributed by atoms with E-state index in [1.54, 1.807) is 12.1 Å². The number of piperidine rings is 2. The zero-order valence-corrected chi connectivity index (χ0v) is 18.6. The number of hydrogen-bond donors (Lipinski definition) is 2. The minimum absolute atomic E-state index is 0.0797. The van der Waals surface area contributed by atoms with E-state index in [-0.39, 0.29) is 30.1 Å². The maximum absolute atomic E-state index is 13.5. The first kappa shape index (κ1) is 22.4. The number of alkyl halides is 3. The molecule has 3 aliphatic rings. The SMILES string of the molecule is C[C@@H]1CN(c2ccc(C(F)(F)F)c3ncccc23)C[C@H](C(=O)NC2CC3CCCC(C2)N3)O1. The fraction of sp³-hybridized carbons (Fsp3) is 0.583. The van der Waals surface area contributed by atoms with Crippen LogP contribution in [0.25, 0.3) is 10.9 Å². The van der Waals surface area contributed by atoms with Crippen molar-refractivity contribution in [2.24, 2.45) is 0 Å². The molecule has 3 fully saturated rings. The summed E-state index contributed by atoms with van der Waals surface area (Å²) < 4.78 is 46.5. The molecule has 0 saturated carbocycles. The molecule has 1 amide bonds. The van der Waals surface area contributed by atoms with Gasteiger partial charge in [0.15, 0.2) is 6.10 Å². The van der Waals surface area contributed by atoms with Gasteiger partial charge >= 0.3 is 6.18 Å². The average Bonchev–Trinajstić information content (AvgIpc) is 2.77. The molecule has 3 saturated heterocycles. The summed E-state index contributed by atoms with van der Waals surface area (Å²) in [7, 11) is 0. The number of morpholine rings is 1. The zero-order chi connectivity index (χ0) is 23.2. The normalized spacial score (nSPS) is 30.3. The number of ether oxygens (including phenoxy) is 1. The van der Waals surface area contributed by atoms with Crippen LogP contribution in [0.1, 0.15) is 44.6 Å². The number of aromatic nitrogens is 1. The molecular formula is C24H29F3N4O2. The summed E-state index contributed by atoms with van der Waals surface area (Å²) in [6.45, 7) is 2.64. The second-order valence-electron chi connectivity index (χ2n) is 9.54. The Morgan fingerprint density at radius 1 is 1.18 bits per heavy atom. The third kappa shape index (κ3) is 4.66. The van der Waals surface area contributed by atoms with Crippen LogP contribution in [0.2, 0.25) is 0 Å². The molecule has 4 heterocycles. The van der Waals surface area contributed by atoms with Gasteiger partial charge in [-0.2, -0.15) is 13.2 Å². The third-order valence-electron chi connectivity index (χ3n) is 7.01. The third-order valence-corrected chi connectivity index (χ3v) is 7.01. The zero-order valence-electron chi connectivity index (χ0n) is 18.6. The van der Waals surface area contributed by atoms with Crippen molar-refractivity contribution >= 4 is 22.5 Å². The van der Waals surface area contributed by atoms with Crippen LogP contribution in [-0.2, 0) is 15.7 Å². The molecule has 6 nitrogen and oxygen atoms in total. The van der Waals surface area contributed by atoms with Gasteiger partial charge in [-0.05, 0) is 56.9 Å². The number of amides is 1. The fourth-order valence-electron chi connectivity index (χ4n) is 5.63. The van der Waals surface area contributed by atoms with Crippen molar-refractivity contribution in [1.29, 1.82) is 0 Å². The number of hydrogen-bond acceptors (Lipinski definition) is 5. The van der Waals surface area contributed by atoms with Crippen molar-refractivity contribution in [2.45, 2.75) is 75.5 Å². The number of halogens is 3. The first-order chi connectivity index (χ1) is 15.8. The number of anilines is 1. The molecule has 1 aromatic heterocycles. The predicted molar refractivity (Wildman–Crippen MR) is 119 cm³/mol. The average molecular weight is 463 g/mol. The molecule has 2 aromatic rings. The van der Waals surface area contributed by atoms with Gasteiger partial charge in [0, 0.05) is 41.9 Å². The predicted octanol–water partition coefficient (Wildman–Crippen LogP) is 3.64. The van der Waals surface area contributed by atoms with Crippen molar-refractivity contribution in [3.8, 4) is 0 Å². The monoisotopic (exact) mass is 462 g/mol. The van der Waals surface area contributed by atoms with Crippen LogP contribution in [0, 0.1) is 0 Å². The van der Waals surface area contributed by atoms with Crippen molar-refractivity contribution in [2.75, 3.05) is 18.0 Å². The van der Waals surface area contributed by atoms with E-state index in [0.29, 0.717) is 29.7 Å². The van der Waals surface area contributed by atoms with Crippen LogP contribution in [0.15, 0.2) is 30.5 Å². The number of carbonyl (C=O) groups excluding carboxylic acids is 1. The van der Waals surface area contributed by atoms with Gasteiger partial charge in [0.1, 0.15) is 0 Å². The first-order valence-electron chi connectivity index (χ1n) is 11.7. The van der Waals surface area contributed by atoms with Crippen molar-refractivity contribution in [1.82, 2.24) is 15.6 Å². The van der Waals surface area contributed by atoms with Gasteiger partial charge in [-0.25, -0.2) is 0 Å². The summed E-state index contributed by atoms with van der Waals surface area (Å²) in [5.74, 6) is -0.147. The molecule has 3 aliphatic heterocycles. The van der Waals surface area contributed by atoms with E-state index in [1.165, 1.54) is 18.7 Å². The topological polar surface area (TPSA) is 66.5 Å². The van der Waals surface area contributed by atoms with Crippen LogP contribution in [0.4, 0.5) is 18.9 Å². The van der Waals surface area contributed by atoms with E-state index in [0.717, 1.165) is 31.7 Å². The minimum Gasteiger partial charge on any atom is -0.365 e. The number of nitrogens with one attached hydrogen (secondary N) is 2. The minimum atomic E-state index is -4.49. The van der Waals surface area contributed by atoms with Crippen molar-refractivity contribution < 1.29 is 22.7 Å². The molecule has 9 heteroatoms. The van der Waals surface area contributed by atoms with Gasteiger partial charge in [0.25, 0.3) is 5.91 Å². The maximum atomic E-state index is 13.5. The number of benzene rings is 1. The highest BCUT2D eigenvalue weighted by molar-refractivity contribution is 5.94. The van der Waals surface area contributed by atoms with Crippen molar-refractivity contribution in [3.05, 3.63) is 36.0 Å². The number of nitrogens with zero attached hydrogens (tertiary/aromatic N) is 2. The highest BCUT2D eigenvalue weighted by Crippen LogP contribution is 2.38. The molecule has 0 radical (unpaired) electrons. The summed E-state index contributed by atoms with van der Waals surface area (Å²) in [6.07, 6.45) is 1.32. The molecule has 33 heavy (non-hydrogen) atoms. The number of rotatable bonds is 3. The summed E-state index contributed by atoms with van der Waals surface area (Å²) in [6, 6.07) is 6.87. The Hall–Kier alpha value is -2.39. The van der Waals surface area contributed by atoms with Crippen molar-refractivity contribution in [3.63, 3.8) is 0 Å². The molecule has 5 rings (SSSR count). The Morgan fingerprint density at radius 3 is 2.67 bits per heavy atom. The molecule has 2 N–H and O–H groups in total. The fourth-order valence-corrected chi connectivity index (χ4v) is 5.63. The quantitative estimate of drug-likeness (QED) is 0.729. The van der Waals surface area contributed by atoms with Crippen LogP contribution in [0.3, 0.4) is 0 Å². The lowest BCUT2D eigenvalue weighted by Gasteiger charge is -2.42. The Bertz CT molecular complexity index is 1020. The Kier molecular flexibility index (Phi) is 5.95. The Morgan fingerprint density at radius 2 is 1.94 bits per heavy atom. The standard InChI is InChI=1S/C24H29F3N4O2/c1-14-12-31(20-8-7-19(24(25,26)27)22-18(20)6-3-9-28-22)13-21(33-14)23(32)30-17-10-15-4-2-5-16(11-17)29-15/h3,6-9,14-17,21,29H,2,4-5,10-13H2,1H3,(H,30,32)/t14-,15?,16?,17?,21-/m1/s1. The molecular weight excluding hydrogens is 433 g/mol. The molecule has 0 spiro atoms. The summed E-state index contributed by atoms with van der Waals surface area (Å²) >= 11 is 0. The highest BCUT2D eigenvalue weighted by atomic mass is 19.4. The highest BCUT2D eigenvalue weighted by Gasteiger charge is 2.37. The van der Waals surface area contributed by atoms with E-state index in [9.17, 15) is 18.0 Å². The smallest absolute Gasteiger partial charge is 0.365 e. The van der Waals surface area contributed by atoms with Gasteiger partial charge in [0.2, 0.25) is 0 Å². The summed E-state index contributed by atoms with van der Waals surface area (Å²) in [5.41, 5.74) is -0.201. The molecule has 0 aliphatic carbocycles. The summed E-state index contributed by atoms with van der Waals surface area (Å²) in [5, 5.41) is 7.23. The van der Waals surface area contributed by atoms with E-state index >= 15 is 0 Å². The maximum Gasteiger partial charge on any atom is 0.418 e. The largest absolute Gasteiger partial charge is 0.418 e. The van der Waals surface area contributed by atoms with Gasteiger partial charge in [-0.15, -0.1) is 0 Å². The van der Waals surface area contributed by atoms with Gasteiger partial charge in [-0.3, -0.25) is 9.78 Å². The Labute approximate surface area is 190 Å². The number of carbonyl (C=O) groups is 1. The molecule has 178 valence electrons. The van der Waals surface area contributed by atoms with E-state index < -0.39 is 17.8 Å². The molecule has 1 aromatic carbocycles. The lowest BCUT2D eigenvalue weighted by atomic mass is 9.84. The molecule has 2 unspecified atom stereocenters. The number of pyridine rings is 1. The first-order valence-corrected chi connectivity index (χ1v) is 11.7. The van der Waals surface area contributed by atoms with Gasteiger partial charge < -0.3 is 20.3 Å². The van der Waals surface area contributed by atoms with Gasteiger partial charge in [0.05, 0.1) is 23.7 Å². The van der Waals surface area contributed by atoms with E-state index in [4.69, 9.17) is 4.74 Å². The van der Waals surface area contributed by atoms with E-state index in [2.05, 4.69) is 15.6 Å². The molecule has 4 atom stereocenters. The van der Waals surface area contributed by atoms with Crippen LogP contribution >= 0.6 is 0 Å². The Balaban J connectivity index is 1.35. The van der Waals surface area contributed by atoms with Crippen LogP contribution < -0.4 is 15.5 Å². The lowest BCUT2D eigenvalue weighted by Crippen LogP contribution is -2.58. The van der Waals surface area contributed by atoms with E-state index in [1.807, 2.05) is 11.8 Å². The van der Waals surface area contributed by atoms with Crippen LogP contribution in [-0.4, -0.2) is 54.3 Å². The van der Waals surface area contributed by atoms with Crippen LogP contribution in [0.5, 0.6) is 0 Å². The molecule has 2 bridgehead atoms. The second kappa shape index (κ2) is 8.76. The van der Waals surface area contributed by atoms with Gasteiger partial charge in [-0.1, -0.05) is 6.42 Å². The summed E-state index contributed by atoms with van der Waals surface area (Å²) in [4.78, 5) is 19.1. The lowest BCUT2D eigenvalue weighted by molar-refractivity contribution is -0.138.